The van der Waals surface area contributed by atoms with Crippen LogP contribution < -0.4 is 4.74 Å². The Morgan fingerprint density at radius 1 is 1.14 bits per heavy atom. The van der Waals surface area contributed by atoms with Crippen molar-refractivity contribution in [2.45, 2.75) is 31.6 Å². The van der Waals surface area contributed by atoms with E-state index in [1.807, 2.05) is 35.2 Å². The molecule has 0 atom stereocenters. The number of hydrogen-bond donors (Lipinski definition) is 1. The van der Waals surface area contributed by atoms with E-state index in [0.717, 1.165) is 48.5 Å². The van der Waals surface area contributed by atoms with Crippen molar-refractivity contribution in [3.8, 4) is 5.75 Å². The molecule has 5 nitrogen and oxygen atoms in total. The van der Waals surface area contributed by atoms with Gasteiger partial charge in [-0.15, -0.1) is 0 Å². The Morgan fingerprint density at radius 3 is 2.64 bits per heavy atom. The lowest BCUT2D eigenvalue weighted by atomic mass is 9.96. The van der Waals surface area contributed by atoms with Crippen LogP contribution in [-0.4, -0.2) is 40.5 Å². The molecule has 1 aliphatic rings. The number of rotatable bonds is 6. The summed E-state index contributed by atoms with van der Waals surface area (Å²) in [5.41, 5.74) is 2.09. The first-order valence-electron chi connectivity index (χ1n) is 9.80. The number of ether oxygens (including phenoxy) is 1. The highest BCUT2D eigenvalue weighted by Gasteiger charge is 2.25. The molecular weight excluding hydrogens is 374 g/mol. The van der Waals surface area contributed by atoms with E-state index >= 15 is 0 Å². The van der Waals surface area contributed by atoms with E-state index in [1.54, 1.807) is 12.1 Å². The summed E-state index contributed by atoms with van der Waals surface area (Å²) in [5, 5.41) is 0.688. The van der Waals surface area contributed by atoms with E-state index < -0.39 is 0 Å². The average Bonchev–Trinajstić information content (AvgIpc) is 3.17. The fourth-order valence-electron chi connectivity index (χ4n) is 3.67. The lowest BCUT2D eigenvalue weighted by Crippen LogP contribution is -2.38. The number of nitrogens with one attached hydrogen (secondary N) is 1. The lowest BCUT2D eigenvalue weighted by molar-refractivity contribution is -0.132. The Balaban J connectivity index is 1.21. The van der Waals surface area contributed by atoms with E-state index in [1.165, 1.54) is 0 Å². The van der Waals surface area contributed by atoms with Crippen molar-refractivity contribution in [1.82, 2.24) is 14.9 Å². The van der Waals surface area contributed by atoms with Gasteiger partial charge in [0.05, 0.1) is 17.6 Å². The second-order valence-corrected chi connectivity index (χ2v) is 7.64. The standard InChI is InChI=1S/C22H24ClN3O2/c23-17-7-9-18(10-8-17)28-15-3-6-21(27)26-13-11-16(12-14-26)22-24-19-4-1-2-5-20(19)25-22/h1-2,4-5,7-10,16H,3,6,11-15H2,(H,24,25). The van der Waals surface area contributed by atoms with Crippen LogP contribution in [0.25, 0.3) is 11.0 Å². The van der Waals surface area contributed by atoms with Gasteiger partial charge >= 0.3 is 0 Å². The summed E-state index contributed by atoms with van der Waals surface area (Å²) in [6.07, 6.45) is 3.13. The normalized spacial score (nSPS) is 15.1. The third kappa shape index (κ3) is 4.47. The average molecular weight is 398 g/mol. The van der Waals surface area contributed by atoms with Crippen molar-refractivity contribution in [2.24, 2.45) is 0 Å². The molecule has 2 aromatic carbocycles. The van der Waals surface area contributed by atoms with Gasteiger partial charge in [0.2, 0.25) is 5.91 Å². The van der Waals surface area contributed by atoms with Crippen LogP contribution in [0.15, 0.2) is 48.5 Å². The lowest BCUT2D eigenvalue weighted by Gasteiger charge is -2.31. The topological polar surface area (TPSA) is 58.2 Å². The fraction of sp³-hybridized carbons (Fsp3) is 0.364. The summed E-state index contributed by atoms with van der Waals surface area (Å²) in [7, 11) is 0. The molecule has 0 aliphatic carbocycles. The molecule has 0 spiro atoms. The molecule has 1 aliphatic heterocycles. The Labute approximate surface area is 169 Å². The quantitative estimate of drug-likeness (QED) is 0.609. The van der Waals surface area contributed by atoms with Gasteiger partial charge in [-0.2, -0.15) is 0 Å². The molecule has 1 aromatic heterocycles. The van der Waals surface area contributed by atoms with E-state index in [0.29, 0.717) is 30.4 Å². The monoisotopic (exact) mass is 397 g/mol. The molecule has 3 aromatic rings. The van der Waals surface area contributed by atoms with E-state index in [9.17, 15) is 4.79 Å². The second-order valence-electron chi connectivity index (χ2n) is 7.20. The Kier molecular flexibility index (Phi) is 5.81. The van der Waals surface area contributed by atoms with Crippen LogP contribution >= 0.6 is 11.6 Å². The third-order valence-electron chi connectivity index (χ3n) is 5.26. The van der Waals surface area contributed by atoms with Gasteiger partial charge in [-0.05, 0) is 55.7 Å². The number of fused-ring (bicyclic) bond motifs is 1. The van der Waals surface area contributed by atoms with Gasteiger partial charge in [-0.25, -0.2) is 4.98 Å². The number of halogens is 1. The number of carbonyl (C=O) groups is 1. The van der Waals surface area contributed by atoms with Crippen molar-refractivity contribution in [3.05, 3.63) is 59.4 Å². The van der Waals surface area contributed by atoms with Crippen molar-refractivity contribution in [2.75, 3.05) is 19.7 Å². The van der Waals surface area contributed by atoms with Gasteiger partial charge in [-0.1, -0.05) is 23.7 Å². The Morgan fingerprint density at radius 2 is 1.89 bits per heavy atom. The fourth-order valence-corrected chi connectivity index (χ4v) is 3.80. The Hall–Kier alpha value is -2.53. The molecule has 0 saturated carbocycles. The molecule has 0 bridgehead atoms. The van der Waals surface area contributed by atoms with Gasteiger partial charge < -0.3 is 14.6 Å². The number of aromatic nitrogens is 2. The highest BCUT2D eigenvalue weighted by molar-refractivity contribution is 6.30. The zero-order valence-corrected chi connectivity index (χ0v) is 16.5. The number of imidazole rings is 1. The van der Waals surface area contributed by atoms with E-state index in [-0.39, 0.29) is 5.91 Å². The predicted octanol–water partition coefficient (Wildman–Crippen LogP) is 4.78. The van der Waals surface area contributed by atoms with Crippen LogP contribution in [0.3, 0.4) is 0 Å². The number of benzene rings is 2. The van der Waals surface area contributed by atoms with Gasteiger partial charge in [-0.3, -0.25) is 4.79 Å². The number of amides is 1. The molecule has 28 heavy (non-hydrogen) atoms. The summed E-state index contributed by atoms with van der Waals surface area (Å²) < 4.78 is 5.66. The largest absolute Gasteiger partial charge is 0.494 e. The number of nitrogens with zero attached hydrogens (tertiary/aromatic N) is 2. The predicted molar refractivity (Wildman–Crippen MR) is 111 cm³/mol. The van der Waals surface area contributed by atoms with Crippen LogP contribution in [0.5, 0.6) is 5.75 Å². The molecule has 1 amide bonds. The summed E-state index contributed by atoms with van der Waals surface area (Å²) in [4.78, 5) is 22.6. The number of hydrogen-bond acceptors (Lipinski definition) is 3. The number of H-pyrrole nitrogens is 1. The number of piperidine rings is 1. The van der Waals surface area contributed by atoms with Crippen LogP contribution in [0.2, 0.25) is 5.02 Å². The SMILES string of the molecule is O=C(CCCOc1ccc(Cl)cc1)N1CCC(c2nc3ccccc3[nH]2)CC1. The summed E-state index contributed by atoms with van der Waals surface area (Å²) in [6.45, 7) is 2.11. The first-order valence-corrected chi connectivity index (χ1v) is 10.2. The van der Waals surface area contributed by atoms with Crippen LogP contribution in [0.4, 0.5) is 0 Å². The molecule has 1 saturated heterocycles. The minimum atomic E-state index is 0.211. The Bertz CT molecular complexity index is 897. The maximum absolute atomic E-state index is 12.5. The first-order chi connectivity index (χ1) is 13.7. The second kappa shape index (κ2) is 8.65. The van der Waals surface area contributed by atoms with Crippen LogP contribution in [0, 0.1) is 0 Å². The van der Waals surface area contributed by atoms with Gasteiger partial charge in [0, 0.05) is 30.5 Å². The first kappa shape index (κ1) is 18.8. The van der Waals surface area contributed by atoms with Crippen LogP contribution in [-0.2, 0) is 4.79 Å². The van der Waals surface area contributed by atoms with Crippen molar-refractivity contribution < 1.29 is 9.53 Å². The molecular formula is C22H24ClN3O2. The number of aromatic amines is 1. The van der Waals surface area contributed by atoms with Crippen molar-refractivity contribution in [3.63, 3.8) is 0 Å². The molecule has 1 N–H and O–H groups in total. The minimum Gasteiger partial charge on any atom is -0.494 e. The molecule has 146 valence electrons. The van der Waals surface area contributed by atoms with Crippen LogP contribution in [0.1, 0.15) is 37.4 Å². The zero-order chi connectivity index (χ0) is 19.3. The van der Waals surface area contributed by atoms with Gasteiger partial charge in [0.25, 0.3) is 0 Å². The summed E-state index contributed by atoms with van der Waals surface area (Å²) in [5.74, 6) is 2.43. The van der Waals surface area contributed by atoms with E-state index in [2.05, 4.69) is 11.1 Å². The van der Waals surface area contributed by atoms with Crippen molar-refractivity contribution >= 4 is 28.5 Å². The molecule has 2 heterocycles. The molecule has 0 radical (unpaired) electrons. The third-order valence-corrected chi connectivity index (χ3v) is 5.51. The maximum atomic E-state index is 12.5. The minimum absolute atomic E-state index is 0.211. The number of carbonyl (C=O) groups excluding carboxylic acids is 1. The number of para-hydroxylation sites is 2. The molecule has 6 heteroatoms. The maximum Gasteiger partial charge on any atom is 0.222 e. The zero-order valence-electron chi connectivity index (χ0n) is 15.7. The highest BCUT2D eigenvalue weighted by atomic mass is 35.5. The molecule has 1 fully saturated rings. The summed E-state index contributed by atoms with van der Waals surface area (Å²) in [6, 6.07) is 15.4. The van der Waals surface area contributed by atoms with Crippen molar-refractivity contribution in [1.29, 1.82) is 0 Å². The van der Waals surface area contributed by atoms with Gasteiger partial charge in [0.15, 0.2) is 0 Å². The molecule has 4 rings (SSSR count). The van der Waals surface area contributed by atoms with E-state index in [4.69, 9.17) is 21.3 Å². The summed E-state index contributed by atoms with van der Waals surface area (Å²) >= 11 is 5.86. The molecule has 0 unspecified atom stereocenters. The highest BCUT2D eigenvalue weighted by Crippen LogP contribution is 2.28. The smallest absolute Gasteiger partial charge is 0.222 e. The number of likely N-dealkylation sites (tertiary alicyclic amines) is 1. The van der Waals surface area contributed by atoms with Gasteiger partial charge in [0.1, 0.15) is 11.6 Å².